The van der Waals surface area contributed by atoms with Gasteiger partial charge in [0.05, 0.1) is 26.0 Å². The molecule has 1 aliphatic heterocycles. The molecule has 2 aromatic rings. The number of furan rings is 1. The van der Waals surface area contributed by atoms with Gasteiger partial charge in [0.25, 0.3) is 0 Å². The molecule has 2 aromatic heterocycles. The molecule has 0 bridgehead atoms. The van der Waals surface area contributed by atoms with Gasteiger partial charge >= 0.3 is 0 Å². The highest BCUT2D eigenvalue weighted by Gasteiger charge is 2.30. The molecule has 1 fully saturated rings. The van der Waals surface area contributed by atoms with Crippen molar-refractivity contribution in [1.82, 2.24) is 10.6 Å². The zero-order valence-electron chi connectivity index (χ0n) is 14.9. The van der Waals surface area contributed by atoms with Crippen molar-refractivity contribution in [3.05, 3.63) is 46.5 Å². The van der Waals surface area contributed by atoms with Crippen molar-refractivity contribution in [2.24, 2.45) is 4.99 Å². The molecule has 0 amide bonds. The van der Waals surface area contributed by atoms with Crippen LogP contribution in [0.3, 0.4) is 0 Å². The first kappa shape index (κ1) is 21.2. The fourth-order valence-electron chi connectivity index (χ4n) is 2.60. The number of nitrogens with zero attached hydrogens (tertiary/aromatic N) is 1. The smallest absolute Gasteiger partial charge is 0.191 e. The Kier molecular flexibility index (Phi) is 8.89. The van der Waals surface area contributed by atoms with Crippen LogP contribution in [0.2, 0.25) is 0 Å². The van der Waals surface area contributed by atoms with Crippen molar-refractivity contribution in [2.45, 2.75) is 32.1 Å². The molecule has 0 saturated carbocycles. The van der Waals surface area contributed by atoms with Gasteiger partial charge in [0.1, 0.15) is 5.76 Å². The molecule has 8 heteroatoms. The van der Waals surface area contributed by atoms with E-state index in [1.807, 2.05) is 25.1 Å². The zero-order chi connectivity index (χ0) is 17.4. The lowest BCUT2D eigenvalue weighted by Gasteiger charge is -2.22. The van der Waals surface area contributed by atoms with Gasteiger partial charge in [-0.15, -0.1) is 35.3 Å². The van der Waals surface area contributed by atoms with Gasteiger partial charge in [-0.25, -0.2) is 4.99 Å². The Labute approximate surface area is 175 Å². The minimum atomic E-state index is -0.486. The number of hydrogen-bond acceptors (Lipinski definition) is 5. The summed E-state index contributed by atoms with van der Waals surface area (Å²) in [7, 11) is 0. The first-order chi connectivity index (χ1) is 12.2. The Balaban J connectivity index is 0.00000243. The molecular formula is C18H26IN3O3S. The number of halogens is 1. The van der Waals surface area contributed by atoms with Crippen molar-refractivity contribution < 1.29 is 13.9 Å². The Morgan fingerprint density at radius 1 is 1.19 bits per heavy atom. The van der Waals surface area contributed by atoms with Crippen LogP contribution in [-0.2, 0) is 22.4 Å². The van der Waals surface area contributed by atoms with Crippen LogP contribution in [0.1, 0.15) is 24.0 Å². The highest BCUT2D eigenvalue weighted by molar-refractivity contribution is 14.0. The molecular weight excluding hydrogens is 465 g/mol. The van der Waals surface area contributed by atoms with Crippen LogP contribution in [0.4, 0.5) is 0 Å². The van der Waals surface area contributed by atoms with Crippen LogP contribution >= 0.6 is 35.3 Å². The van der Waals surface area contributed by atoms with Crippen LogP contribution < -0.4 is 10.6 Å². The van der Waals surface area contributed by atoms with Crippen molar-refractivity contribution in [3.8, 4) is 0 Å². The minimum absolute atomic E-state index is 0. The predicted octanol–water partition coefficient (Wildman–Crippen LogP) is 3.39. The average molecular weight is 491 g/mol. The second-order valence-corrected chi connectivity index (χ2v) is 7.04. The van der Waals surface area contributed by atoms with Crippen LogP contribution in [0.5, 0.6) is 0 Å². The molecule has 6 nitrogen and oxygen atoms in total. The molecule has 0 atom stereocenters. The van der Waals surface area contributed by atoms with Gasteiger partial charge in [-0.2, -0.15) is 0 Å². The Morgan fingerprint density at radius 2 is 2.00 bits per heavy atom. The van der Waals surface area contributed by atoms with E-state index in [0.717, 1.165) is 37.7 Å². The second kappa shape index (κ2) is 10.9. The van der Waals surface area contributed by atoms with Crippen LogP contribution in [0.25, 0.3) is 0 Å². The standard InChI is InChI=1S/C18H25N3O3S.HI/c1-18(23-11-12-24-18)7-9-20-17(21-14-16-5-3-13-25-16)19-8-6-15-4-2-10-22-15;/h2-5,10,13H,6-9,11-12,14H2,1H3,(H2,19,20,21);1H. The largest absolute Gasteiger partial charge is 0.469 e. The topological polar surface area (TPSA) is 68.0 Å². The summed E-state index contributed by atoms with van der Waals surface area (Å²) in [6, 6.07) is 8.02. The molecule has 0 unspecified atom stereocenters. The summed E-state index contributed by atoms with van der Waals surface area (Å²) in [5.74, 6) is 1.27. The third-order valence-electron chi connectivity index (χ3n) is 3.99. The minimum Gasteiger partial charge on any atom is -0.469 e. The van der Waals surface area contributed by atoms with E-state index in [4.69, 9.17) is 13.9 Å². The lowest BCUT2D eigenvalue weighted by Crippen LogP contribution is -2.41. The van der Waals surface area contributed by atoms with E-state index >= 15 is 0 Å². The summed E-state index contributed by atoms with van der Waals surface area (Å²) in [5, 5.41) is 8.79. The van der Waals surface area contributed by atoms with E-state index in [1.165, 1.54) is 4.88 Å². The molecule has 144 valence electrons. The highest BCUT2D eigenvalue weighted by Crippen LogP contribution is 2.21. The number of rotatable bonds is 8. The summed E-state index contributed by atoms with van der Waals surface area (Å²) in [6.45, 7) is 5.46. The zero-order valence-corrected chi connectivity index (χ0v) is 18.0. The Morgan fingerprint density at radius 3 is 2.69 bits per heavy atom. The molecule has 0 spiro atoms. The number of aliphatic imine (C=N–C) groups is 1. The molecule has 1 saturated heterocycles. The highest BCUT2D eigenvalue weighted by atomic mass is 127. The molecule has 0 aromatic carbocycles. The van der Waals surface area contributed by atoms with E-state index in [9.17, 15) is 0 Å². The van der Waals surface area contributed by atoms with Crippen LogP contribution in [0.15, 0.2) is 45.3 Å². The van der Waals surface area contributed by atoms with Gasteiger partial charge in [0.2, 0.25) is 0 Å². The summed E-state index contributed by atoms with van der Waals surface area (Å²) < 4.78 is 16.6. The summed E-state index contributed by atoms with van der Waals surface area (Å²) >= 11 is 1.71. The van der Waals surface area contributed by atoms with Crippen molar-refractivity contribution in [3.63, 3.8) is 0 Å². The van der Waals surface area contributed by atoms with Gasteiger partial charge in [0.15, 0.2) is 11.7 Å². The lowest BCUT2D eigenvalue weighted by atomic mass is 10.2. The van der Waals surface area contributed by atoms with Gasteiger partial charge < -0.3 is 24.5 Å². The number of hydrogen-bond donors (Lipinski definition) is 2. The van der Waals surface area contributed by atoms with Gasteiger partial charge in [0, 0.05) is 30.8 Å². The van der Waals surface area contributed by atoms with Crippen molar-refractivity contribution in [2.75, 3.05) is 26.3 Å². The molecule has 1 aliphatic rings. The van der Waals surface area contributed by atoms with E-state index < -0.39 is 5.79 Å². The lowest BCUT2D eigenvalue weighted by molar-refractivity contribution is -0.145. The van der Waals surface area contributed by atoms with Gasteiger partial charge in [-0.1, -0.05) is 6.07 Å². The third kappa shape index (κ3) is 6.90. The fraction of sp³-hybridized carbons (Fsp3) is 0.500. The molecule has 3 rings (SSSR count). The van der Waals surface area contributed by atoms with E-state index in [0.29, 0.717) is 19.8 Å². The average Bonchev–Trinajstić information content (AvgIpc) is 3.35. The maximum Gasteiger partial charge on any atom is 0.191 e. The summed E-state index contributed by atoms with van der Waals surface area (Å²) in [4.78, 5) is 5.90. The SMILES string of the molecule is CC1(CCNC(=NCc2cccs2)NCCc2ccco2)OCCO1.I. The quantitative estimate of drug-likeness (QED) is 0.337. The maximum atomic E-state index is 5.64. The van der Waals surface area contributed by atoms with Crippen LogP contribution in [0, 0.1) is 0 Å². The molecule has 26 heavy (non-hydrogen) atoms. The Hall–Kier alpha value is -1.10. The van der Waals surface area contributed by atoms with Gasteiger partial charge in [-0.05, 0) is 30.5 Å². The Bertz CT molecular complexity index is 641. The molecule has 3 heterocycles. The number of nitrogens with one attached hydrogen (secondary N) is 2. The number of ether oxygens (including phenoxy) is 2. The summed E-state index contributed by atoms with van der Waals surface area (Å²) in [5.41, 5.74) is 0. The number of guanidine groups is 1. The maximum absolute atomic E-state index is 5.64. The third-order valence-corrected chi connectivity index (χ3v) is 4.85. The second-order valence-electron chi connectivity index (χ2n) is 6.01. The summed E-state index contributed by atoms with van der Waals surface area (Å²) in [6.07, 6.45) is 3.28. The first-order valence-corrected chi connectivity index (χ1v) is 9.46. The van der Waals surface area contributed by atoms with Crippen molar-refractivity contribution in [1.29, 1.82) is 0 Å². The number of thiophene rings is 1. The molecule has 2 N–H and O–H groups in total. The fourth-order valence-corrected chi connectivity index (χ4v) is 3.23. The van der Waals surface area contributed by atoms with Crippen molar-refractivity contribution >= 4 is 41.3 Å². The van der Waals surface area contributed by atoms with Crippen LogP contribution in [-0.4, -0.2) is 38.0 Å². The molecule has 0 aliphatic carbocycles. The van der Waals surface area contributed by atoms with E-state index in [2.05, 4.69) is 27.1 Å². The monoisotopic (exact) mass is 491 g/mol. The predicted molar refractivity (Wildman–Crippen MR) is 114 cm³/mol. The first-order valence-electron chi connectivity index (χ1n) is 8.58. The van der Waals surface area contributed by atoms with E-state index in [1.54, 1.807) is 17.6 Å². The van der Waals surface area contributed by atoms with Gasteiger partial charge in [-0.3, -0.25) is 0 Å². The van der Waals surface area contributed by atoms with E-state index in [-0.39, 0.29) is 24.0 Å². The normalized spacial score (nSPS) is 16.3. The molecule has 0 radical (unpaired) electrons.